The predicted molar refractivity (Wildman–Crippen MR) is 453 cm³/mol. The van der Waals surface area contributed by atoms with Gasteiger partial charge in [0.15, 0.2) is 12.4 Å². The van der Waals surface area contributed by atoms with Gasteiger partial charge in [-0.3, -0.25) is 9.59 Å². The van der Waals surface area contributed by atoms with Gasteiger partial charge in [-0.1, -0.05) is 375 Å². The Kier molecular flexibility index (Phi) is 79.1. The van der Waals surface area contributed by atoms with Crippen LogP contribution in [0.4, 0.5) is 0 Å². The van der Waals surface area contributed by atoms with E-state index in [4.69, 9.17) is 18.9 Å². The summed E-state index contributed by atoms with van der Waals surface area (Å²) in [7, 11) is 5.93. The van der Waals surface area contributed by atoms with Gasteiger partial charge in [-0.05, 0) is 141 Å². The van der Waals surface area contributed by atoms with Crippen molar-refractivity contribution in [3.63, 3.8) is 0 Å². The Morgan fingerprint density at radius 1 is 0.286 bits per heavy atom. The second-order valence-electron chi connectivity index (χ2n) is 29.0. The zero-order valence-electron chi connectivity index (χ0n) is 68.0. The van der Waals surface area contributed by atoms with Gasteiger partial charge in [-0.15, -0.1) is 0 Å². The van der Waals surface area contributed by atoms with Crippen molar-refractivity contribution in [2.45, 2.75) is 347 Å². The molecular formula is C96H157NO8. The number of ether oxygens (including phenoxy) is 4. The number of hydrogen-bond acceptors (Lipinski definition) is 8. The van der Waals surface area contributed by atoms with Crippen molar-refractivity contribution >= 4 is 17.9 Å². The lowest BCUT2D eigenvalue weighted by Crippen LogP contribution is -2.44. The van der Waals surface area contributed by atoms with Crippen LogP contribution >= 0.6 is 0 Å². The zero-order chi connectivity index (χ0) is 76.0. The molecule has 0 amide bonds. The van der Waals surface area contributed by atoms with Crippen molar-refractivity contribution in [3.05, 3.63) is 194 Å². The maximum absolute atomic E-state index is 13.0. The molecule has 0 heterocycles. The van der Waals surface area contributed by atoms with Crippen LogP contribution < -0.4 is 5.11 Å². The molecule has 0 saturated carbocycles. The highest BCUT2D eigenvalue weighted by Crippen LogP contribution is 2.18. The fraction of sp³-hybridized carbons (Fsp3) is 0.635. The van der Waals surface area contributed by atoms with Crippen molar-refractivity contribution in [2.24, 2.45) is 0 Å². The quantitative estimate of drug-likeness (QED) is 0.0195. The van der Waals surface area contributed by atoms with E-state index >= 15 is 0 Å². The molecule has 0 saturated heterocycles. The number of nitrogens with zero attached hydrogens (tertiary/aromatic N) is 1. The number of unbranched alkanes of at least 4 members (excludes halogenated alkanes) is 30. The Morgan fingerprint density at radius 3 is 0.762 bits per heavy atom. The van der Waals surface area contributed by atoms with E-state index in [0.717, 1.165) is 148 Å². The molecule has 0 aliphatic rings. The van der Waals surface area contributed by atoms with Gasteiger partial charge in [0.05, 0.1) is 40.3 Å². The maximum atomic E-state index is 13.0. The third-order valence-electron chi connectivity index (χ3n) is 17.8. The van der Waals surface area contributed by atoms with Crippen molar-refractivity contribution in [1.82, 2.24) is 0 Å². The number of aliphatic carboxylic acids is 1. The molecule has 0 bridgehead atoms. The maximum Gasteiger partial charge on any atom is 0.306 e. The Labute approximate surface area is 646 Å². The van der Waals surface area contributed by atoms with Gasteiger partial charge >= 0.3 is 11.9 Å². The van der Waals surface area contributed by atoms with Crippen molar-refractivity contribution in [3.8, 4) is 0 Å². The number of likely N-dealkylation sites (N-methyl/N-ethyl adjacent to an activating group) is 1. The molecule has 9 nitrogen and oxygen atoms in total. The summed E-state index contributed by atoms with van der Waals surface area (Å²) in [4.78, 5) is 37.7. The van der Waals surface area contributed by atoms with Gasteiger partial charge in [0.1, 0.15) is 13.2 Å². The molecule has 594 valence electrons. The molecule has 9 heteroatoms. The highest BCUT2D eigenvalue weighted by atomic mass is 16.7. The Hall–Kier alpha value is -5.87. The summed E-state index contributed by atoms with van der Waals surface area (Å²) < 4.78 is 22.9. The average molecular weight is 1450 g/mol. The summed E-state index contributed by atoms with van der Waals surface area (Å²) in [5, 5.41) is 11.9. The zero-order valence-corrected chi connectivity index (χ0v) is 68.0. The second kappa shape index (κ2) is 83.8. The van der Waals surface area contributed by atoms with Crippen LogP contribution in [0, 0.1) is 0 Å². The molecule has 0 aliphatic carbocycles. The summed E-state index contributed by atoms with van der Waals surface area (Å²) in [6.45, 7) is 4.52. The molecule has 0 radical (unpaired) electrons. The number of carbonyl (C=O) groups excluding carboxylic acids is 3. The fourth-order valence-electron chi connectivity index (χ4n) is 11.5. The van der Waals surface area contributed by atoms with Crippen LogP contribution in [0.1, 0.15) is 335 Å². The molecule has 0 aliphatic heterocycles. The standard InChI is InChI=1S/C96H157NO8/c1-6-8-10-12-14-16-18-20-22-24-26-28-30-32-34-36-38-40-42-44-46-47-49-51-53-55-57-59-61-63-65-67-69-71-73-75-77-79-81-83-85-87-94(99)105-92(91-104-96(95(100)101)102-89-88-97(3,4)5)90-103-93(98)86-84-82-80-78-76-74-72-70-68-66-64-62-60-58-56-54-52-50-48-45-43-41-39-37-35-33-31-29-27-25-23-21-19-17-15-13-11-9-7-2/h8-11,14-17,20-23,26-29,32-35,38,40,44,46,49,51,55,57,61,63,67,69,92,96H,6-7,12-13,18-19,24-25,30-31,36-37,39,41-43,45,47-48,50,52-54,56,58-60,62,64-66,68,70-91H2,1-5H3/b10-8-,11-9-,16-14-,17-15-,22-20-,23-21-,28-26-,29-27-,34-32-,35-33-,40-38-,46-44-,51-49-,57-55-,63-61-,69-67-. The number of carbonyl (C=O) groups is 3. The van der Waals surface area contributed by atoms with Gasteiger partial charge in [0, 0.05) is 12.8 Å². The first-order valence-corrected chi connectivity index (χ1v) is 42.6. The third kappa shape index (κ3) is 85.3. The number of esters is 2. The first-order chi connectivity index (χ1) is 51.6. The molecule has 0 aromatic heterocycles. The Bertz CT molecular complexity index is 2450. The third-order valence-corrected chi connectivity index (χ3v) is 17.8. The van der Waals surface area contributed by atoms with Crippen LogP contribution in [-0.2, 0) is 33.3 Å². The monoisotopic (exact) mass is 1450 g/mol. The van der Waals surface area contributed by atoms with E-state index < -0.39 is 24.3 Å². The van der Waals surface area contributed by atoms with Crippen LogP contribution in [0.15, 0.2) is 194 Å². The van der Waals surface area contributed by atoms with Crippen LogP contribution in [-0.4, -0.2) is 82.3 Å². The minimum Gasteiger partial charge on any atom is -0.545 e. The van der Waals surface area contributed by atoms with E-state index in [2.05, 4.69) is 208 Å². The lowest BCUT2D eigenvalue weighted by molar-refractivity contribution is -0.870. The minimum atomic E-state index is -1.64. The number of carboxylic acids is 1. The molecule has 2 unspecified atom stereocenters. The van der Waals surface area contributed by atoms with Crippen LogP contribution in [0.5, 0.6) is 0 Å². The van der Waals surface area contributed by atoms with E-state index in [1.165, 1.54) is 154 Å². The molecule has 0 aromatic rings. The van der Waals surface area contributed by atoms with Gasteiger partial charge in [-0.2, -0.15) is 0 Å². The topological polar surface area (TPSA) is 111 Å². The summed E-state index contributed by atoms with van der Waals surface area (Å²) in [6, 6.07) is 0. The van der Waals surface area contributed by atoms with E-state index in [9.17, 15) is 19.5 Å². The van der Waals surface area contributed by atoms with E-state index in [-0.39, 0.29) is 38.6 Å². The van der Waals surface area contributed by atoms with Gasteiger partial charge in [0.25, 0.3) is 0 Å². The SMILES string of the molecule is CC/C=C\C/C=C\C/C=C\C/C=C\C/C=C\C/C=C\C/C=C\C/C=C\C/C=C\C/C=C\C/C=C\CCCCCCCCCC(=O)OC(COC(=O)CCCCCCCCCCCCCCCCCCCCCCCCC/C=C\C/C=C\C/C=C\C/C=C\C/C=C\CC)COC(OCC[N+](C)(C)C)C(=O)[O-]. The fourth-order valence-corrected chi connectivity index (χ4v) is 11.5. The molecular weight excluding hydrogens is 1300 g/mol. The largest absolute Gasteiger partial charge is 0.545 e. The number of carboxylic acid groups (broad SMARTS) is 1. The van der Waals surface area contributed by atoms with Gasteiger partial charge in [-0.25, -0.2) is 0 Å². The van der Waals surface area contributed by atoms with E-state index in [1.54, 1.807) is 0 Å². The molecule has 0 N–H and O–H groups in total. The number of hydrogen-bond donors (Lipinski definition) is 0. The van der Waals surface area contributed by atoms with Crippen molar-refractivity contribution in [1.29, 1.82) is 0 Å². The van der Waals surface area contributed by atoms with E-state index in [0.29, 0.717) is 17.4 Å². The number of rotatable bonds is 77. The van der Waals surface area contributed by atoms with Gasteiger partial charge < -0.3 is 33.3 Å². The van der Waals surface area contributed by atoms with Gasteiger partial charge in [0.2, 0.25) is 0 Å². The lowest BCUT2D eigenvalue weighted by atomic mass is 10.0. The molecule has 0 fully saturated rings. The molecule has 0 spiro atoms. The van der Waals surface area contributed by atoms with Crippen LogP contribution in [0.3, 0.4) is 0 Å². The first-order valence-electron chi connectivity index (χ1n) is 42.6. The van der Waals surface area contributed by atoms with E-state index in [1.807, 2.05) is 21.1 Å². The second-order valence-corrected chi connectivity index (χ2v) is 29.0. The van der Waals surface area contributed by atoms with Crippen LogP contribution in [0.25, 0.3) is 0 Å². The first kappa shape index (κ1) is 99.1. The van der Waals surface area contributed by atoms with Crippen molar-refractivity contribution < 1.29 is 42.9 Å². The molecule has 105 heavy (non-hydrogen) atoms. The Balaban J connectivity index is 4.07. The highest BCUT2D eigenvalue weighted by Gasteiger charge is 2.22. The normalized spacial score (nSPS) is 13.6. The number of allylic oxidation sites excluding steroid dienone is 32. The summed E-state index contributed by atoms with van der Waals surface area (Å²) in [5.74, 6) is -2.30. The van der Waals surface area contributed by atoms with Crippen molar-refractivity contribution in [2.75, 3.05) is 47.5 Å². The number of quaternary nitrogens is 1. The smallest absolute Gasteiger partial charge is 0.306 e. The Morgan fingerprint density at radius 2 is 0.514 bits per heavy atom. The molecule has 0 rings (SSSR count). The average Bonchev–Trinajstić information content (AvgIpc) is 1.18. The lowest BCUT2D eigenvalue weighted by Gasteiger charge is -2.26. The summed E-state index contributed by atoms with van der Waals surface area (Å²) in [6.07, 6.45) is 126. The summed E-state index contributed by atoms with van der Waals surface area (Å²) >= 11 is 0. The summed E-state index contributed by atoms with van der Waals surface area (Å²) in [5.41, 5.74) is 0. The molecule has 2 atom stereocenters. The predicted octanol–water partition coefficient (Wildman–Crippen LogP) is 26.7. The van der Waals surface area contributed by atoms with Crippen LogP contribution in [0.2, 0.25) is 0 Å². The molecule has 0 aromatic carbocycles. The minimum absolute atomic E-state index is 0.138. The highest BCUT2D eigenvalue weighted by molar-refractivity contribution is 5.70.